The van der Waals surface area contributed by atoms with Crippen molar-refractivity contribution >= 4 is 5.97 Å². The van der Waals surface area contributed by atoms with Crippen molar-refractivity contribution in [3.05, 3.63) is 88.5 Å². The van der Waals surface area contributed by atoms with Crippen molar-refractivity contribution in [1.29, 1.82) is 0 Å². The number of aliphatic carboxylic acids is 1. The third kappa shape index (κ3) is 5.89. The van der Waals surface area contributed by atoms with E-state index in [0.29, 0.717) is 11.1 Å². The molecule has 2 atom stereocenters. The summed E-state index contributed by atoms with van der Waals surface area (Å²) in [4.78, 5) is 11.4. The van der Waals surface area contributed by atoms with Crippen LogP contribution in [0.15, 0.2) is 54.6 Å². The molecule has 2 fully saturated rings. The second kappa shape index (κ2) is 11.3. The first-order valence-corrected chi connectivity index (χ1v) is 13.9. The Kier molecular flexibility index (Phi) is 7.94. The zero-order chi connectivity index (χ0) is 28.6. The number of halogens is 4. The van der Waals surface area contributed by atoms with Crippen LogP contribution in [0.3, 0.4) is 0 Å². The van der Waals surface area contributed by atoms with Crippen LogP contribution < -0.4 is 4.74 Å². The van der Waals surface area contributed by atoms with Gasteiger partial charge in [0.05, 0.1) is 6.42 Å². The predicted molar refractivity (Wildman–Crippen MR) is 146 cm³/mol. The molecule has 2 aliphatic rings. The number of ether oxygens (including phenoxy) is 1. The third-order valence-electron chi connectivity index (χ3n) is 8.65. The number of benzene rings is 3. The molecule has 7 heteroatoms. The second-order valence-corrected chi connectivity index (χ2v) is 11.9. The highest BCUT2D eigenvalue weighted by Crippen LogP contribution is 2.51. The van der Waals surface area contributed by atoms with E-state index in [0.717, 1.165) is 55.4 Å². The van der Waals surface area contributed by atoms with Gasteiger partial charge >= 0.3 is 5.97 Å². The SMILES string of the molecule is CC1(C)CCCC1c1cc(COc2cccc(C(CC(=O)O)C3CC3)c2F)ccc1-c1cc(C(F)F)ccc1F. The molecule has 3 aromatic carbocycles. The Bertz CT molecular complexity index is 1400. The zero-order valence-electron chi connectivity index (χ0n) is 22.7. The van der Waals surface area contributed by atoms with Crippen LogP contribution in [0, 0.1) is 23.0 Å². The van der Waals surface area contributed by atoms with Gasteiger partial charge in [-0.1, -0.05) is 56.7 Å². The summed E-state index contributed by atoms with van der Waals surface area (Å²) in [5.74, 6) is -2.15. The fourth-order valence-electron chi connectivity index (χ4n) is 6.33. The minimum Gasteiger partial charge on any atom is -0.486 e. The summed E-state index contributed by atoms with van der Waals surface area (Å²) in [5.41, 5.74) is 2.42. The van der Waals surface area contributed by atoms with Gasteiger partial charge in [-0.15, -0.1) is 0 Å². The monoisotopic (exact) mass is 554 g/mol. The molecule has 1 N–H and O–H groups in total. The molecule has 0 aromatic heterocycles. The maximum atomic E-state index is 15.5. The minimum absolute atomic E-state index is 0.0490. The molecule has 3 nitrogen and oxygen atoms in total. The molecule has 0 amide bonds. The number of rotatable bonds is 10. The van der Waals surface area contributed by atoms with E-state index in [1.807, 2.05) is 6.07 Å². The Morgan fingerprint density at radius 1 is 1.02 bits per heavy atom. The molecule has 0 heterocycles. The van der Waals surface area contributed by atoms with Crippen molar-refractivity contribution in [3.8, 4) is 16.9 Å². The van der Waals surface area contributed by atoms with E-state index >= 15 is 4.39 Å². The van der Waals surface area contributed by atoms with Crippen molar-refractivity contribution in [2.45, 2.75) is 77.2 Å². The van der Waals surface area contributed by atoms with Crippen LogP contribution in [0.5, 0.6) is 5.75 Å². The Morgan fingerprint density at radius 2 is 1.80 bits per heavy atom. The topological polar surface area (TPSA) is 46.5 Å². The van der Waals surface area contributed by atoms with Crippen LogP contribution in [0.4, 0.5) is 17.6 Å². The number of alkyl halides is 2. The lowest BCUT2D eigenvalue weighted by molar-refractivity contribution is -0.137. The summed E-state index contributed by atoms with van der Waals surface area (Å²) < 4.78 is 63.3. The first-order chi connectivity index (χ1) is 19.0. The van der Waals surface area contributed by atoms with Crippen LogP contribution in [0.25, 0.3) is 11.1 Å². The number of carbonyl (C=O) groups is 1. The Labute approximate surface area is 232 Å². The average Bonchev–Trinajstić information content (AvgIpc) is 3.69. The maximum absolute atomic E-state index is 15.5. The molecule has 3 aromatic rings. The number of hydrogen-bond donors (Lipinski definition) is 1. The van der Waals surface area contributed by atoms with E-state index in [1.165, 1.54) is 12.1 Å². The third-order valence-corrected chi connectivity index (χ3v) is 8.65. The van der Waals surface area contributed by atoms with E-state index in [2.05, 4.69) is 13.8 Å². The minimum atomic E-state index is -2.71. The molecule has 40 heavy (non-hydrogen) atoms. The Morgan fingerprint density at radius 3 is 2.45 bits per heavy atom. The average molecular weight is 555 g/mol. The van der Waals surface area contributed by atoms with E-state index in [4.69, 9.17) is 4.74 Å². The molecule has 0 saturated heterocycles. The normalized spacial score (nSPS) is 19.1. The van der Waals surface area contributed by atoms with Gasteiger partial charge in [-0.2, -0.15) is 0 Å². The van der Waals surface area contributed by atoms with Gasteiger partial charge in [-0.05, 0) is 83.4 Å². The lowest BCUT2D eigenvalue weighted by Crippen LogP contribution is -2.17. The van der Waals surface area contributed by atoms with Crippen molar-refractivity contribution in [2.75, 3.05) is 0 Å². The number of hydrogen-bond acceptors (Lipinski definition) is 2. The number of carboxylic acids is 1. The first-order valence-electron chi connectivity index (χ1n) is 13.9. The highest BCUT2D eigenvalue weighted by molar-refractivity contribution is 5.70. The lowest BCUT2D eigenvalue weighted by atomic mass is 9.75. The van der Waals surface area contributed by atoms with E-state index < -0.39 is 29.9 Å². The molecule has 0 spiro atoms. The first kappa shape index (κ1) is 28.2. The van der Waals surface area contributed by atoms with Gasteiger partial charge in [0.1, 0.15) is 12.4 Å². The molecule has 0 bridgehead atoms. The standard InChI is InChI=1S/C33H34F4O3/c1-33(2)14-4-6-27(33)25-15-19(8-12-22(25)26-16-21(32(36)37)11-13-28(26)34)18-40-29-7-3-5-23(31(29)35)24(17-30(38)39)20-9-10-20/h3,5,7-8,11-13,15-16,20,24,27,32H,4,6,9-10,14,17-18H2,1-2H3,(H,38,39). The van der Waals surface area contributed by atoms with Crippen molar-refractivity contribution in [3.63, 3.8) is 0 Å². The summed E-state index contributed by atoms with van der Waals surface area (Å²) in [6, 6.07) is 13.7. The van der Waals surface area contributed by atoms with Crippen molar-refractivity contribution in [2.24, 2.45) is 11.3 Å². The second-order valence-electron chi connectivity index (χ2n) is 11.9. The van der Waals surface area contributed by atoms with Gasteiger partial charge in [-0.3, -0.25) is 4.79 Å². The van der Waals surface area contributed by atoms with Gasteiger partial charge in [0.25, 0.3) is 6.43 Å². The summed E-state index contributed by atoms with van der Waals surface area (Å²) in [5, 5.41) is 9.34. The highest BCUT2D eigenvalue weighted by atomic mass is 19.3. The molecule has 0 aliphatic heterocycles. The molecule has 2 unspecified atom stereocenters. The molecular formula is C33H34F4O3. The van der Waals surface area contributed by atoms with Crippen molar-refractivity contribution < 1.29 is 32.2 Å². The van der Waals surface area contributed by atoms with Crippen LogP contribution in [0.1, 0.15) is 92.9 Å². The smallest absolute Gasteiger partial charge is 0.303 e. The molecule has 5 rings (SSSR count). The fourth-order valence-corrected chi connectivity index (χ4v) is 6.33. The van der Waals surface area contributed by atoms with Gasteiger partial charge in [-0.25, -0.2) is 17.6 Å². The Balaban J connectivity index is 1.47. The molecule has 2 saturated carbocycles. The van der Waals surface area contributed by atoms with Gasteiger partial charge < -0.3 is 9.84 Å². The predicted octanol–water partition coefficient (Wildman–Crippen LogP) is 9.41. The quantitative estimate of drug-likeness (QED) is 0.254. The lowest BCUT2D eigenvalue weighted by Gasteiger charge is -2.30. The zero-order valence-corrected chi connectivity index (χ0v) is 22.7. The summed E-state index contributed by atoms with van der Waals surface area (Å²) in [7, 11) is 0. The number of carboxylic acid groups (broad SMARTS) is 1. The summed E-state index contributed by atoms with van der Waals surface area (Å²) in [6.07, 6.45) is 1.83. The molecule has 0 radical (unpaired) electrons. The molecule has 212 valence electrons. The fraction of sp³-hybridized carbons (Fsp3) is 0.424. The van der Waals surface area contributed by atoms with Crippen LogP contribution in [-0.4, -0.2) is 11.1 Å². The van der Waals surface area contributed by atoms with E-state index in [9.17, 15) is 23.1 Å². The molecule has 2 aliphatic carbocycles. The van der Waals surface area contributed by atoms with Crippen LogP contribution in [0.2, 0.25) is 0 Å². The largest absolute Gasteiger partial charge is 0.486 e. The summed E-state index contributed by atoms with van der Waals surface area (Å²) >= 11 is 0. The molecular weight excluding hydrogens is 520 g/mol. The van der Waals surface area contributed by atoms with Crippen LogP contribution >= 0.6 is 0 Å². The highest BCUT2D eigenvalue weighted by Gasteiger charge is 2.38. The Hall–Kier alpha value is -3.35. The van der Waals surface area contributed by atoms with Gasteiger partial charge in [0.2, 0.25) is 0 Å². The van der Waals surface area contributed by atoms with Crippen molar-refractivity contribution in [1.82, 2.24) is 0 Å². The van der Waals surface area contributed by atoms with Gasteiger partial charge in [0.15, 0.2) is 11.6 Å². The van der Waals surface area contributed by atoms with Gasteiger partial charge in [0, 0.05) is 17.0 Å². The maximum Gasteiger partial charge on any atom is 0.303 e. The summed E-state index contributed by atoms with van der Waals surface area (Å²) in [6.45, 7) is 4.38. The van der Waals surface area contributed by atoms with Crippen LogP contribution in [-0.2, 0) is 11.4 Å². The van der Waals surface area contributed by atoms with E-state index in [1.54, 1.807) is 24.3 Å². The van der Waals surface area contributed by atoms with E-state index in [-0.39, 0.29) is 47.2 Å².